The Morgan fingerprint density at radius 1 is 1.30 bits per heavy atom. The molecule has 116 valence electrons. The van der Waals surface area contributed by atoms with Crippen LogP contribution in [0.2, 0.25) is 0 Å². The third kappa shape index (κ3) is 3.21. The summed E-state index contributed by atoms with van der Waals surface area (Å²) in [6.07, 6.45) is 1.78. The molecule has 0 radical (unpaired) electrons. The highest BCUT2D eigenvalue weighted by atomic mass is 16.4. The zero-order valence-electron chi connectivity index (χ0n) is 12.7. The van der Waals surface area contributed by atoms with Crippen molar-refractivity contribution in [2.45, 2.75) is 13.5 Å². The molecule has 0 aliphatic heterocycles. The van der Waals surface area contributed by atoms with Crippen molar-refractivity contribution in [3.05, 3.63) is 59.9 Å². The van der Waals surface area contributed by atoms with E-state index in [0.717, 1.165) is 16.5 Å². The van der Waals surface area contributed by atoms with Gasteiger partial charge in [-0.25, -0.2) is 4.98 Å². The molecule has 0 spiro atoms. The molecule has 6 nitrogen and oxygen atoms in total. The fraction of sp³-hybridized carbons (Fsp3) is 0.118. The smallest absolute Gasteiger partial charge is 0.296 e. The van der Waals surface area contributed by atoms with Gasteiger partial charge in [-0.2, -0.15) is 0 Å². The van der Waals surface area contributed by atoms with Gasteiger partial charge in [0.15, 0.2) is 0 Å². The van der Waals surface area contributed by atoms with E-state index in [-0.39, 0.29) is 0 Å². The van der Waals surface area contributed by atoms with Gasteiger partial charge in [-0.3, -0.25) is 10.3 Å². The number of benzene rings is 1. The lowest BCUT2D eigenvalue weighted by Crippen LogP contribution is -2.22. The van der Waals surface area contributed by atoms with Crippen LogP contribution in [0.15, 0.2) is 53.8 Å². The number of nitrogens with two attached hydrogens (primary N) is 1. The Labute approximate surface area is 133 Å². The van der Waals surface area contributed by atoms with Gasteiger partial charge in [-0.05, 0) is 42.8 Å². The molecule has 0 aliphatic carbocycles. The van der Waals surface area contributed by atoms with Crippen molar-refractivity contribution >= 4 is 28.1 Å². The molecular weight excluding hydrogens is 290 g/mol. The van der Waals surface area contributed by atoms with Gasteiger partial charge in [0.1, 0.15) is 23.6 Å². The monoisotopic (exact) mass is 308 g/mol. The third-order valence-electron chi connectivity index (χ3n) is 3.65. The number of hydrogen-bond donors (Lipinski definition) is 3. The van der Waals surface area contributed by atoms with Gasteiger partial charge in [0.05, 0.1) is 5.52 Å². The predicted octanol–water partition coefficient (Wildman–Crippen LogP) is 2.44. The predicted molar refractivity (Wildman–Crippen MR) is 90.5 cm³/mol. The summed E-state index contributed by atoms with van der Waals surface area (Å²) in [5.74, 6) is 0.691. The molecule has 0 fully saturated rings. The van der Waals surface area contributed by atoms with Crippen LogP contribution in [0.4, 0.5) is 11.5 Å². The average molecular weight is 308 g/mol. The first-order valence-corrected chi connectivity index (χ1v) is 7.26. The summed E-state index contributed by atoms with van der Waals surface area (Å²) in [7, 11) is 0. The number of oxime groups is 1. The Balaban J connectivity index is 1.81. The minimum atomic E-state index is 0.491. The van der Waals surface area contributed by atoms with Crippen molar-refractivity contribution in [3.63, 3.8) is 0 Å². The second-order valence-electron chi connectivity index (χ2n) is 5.27. The van der Waals surface area contributed by atoms with E-state index in [2.05, 4.69) is 26.5 Å². The minimum absolute atomic E-state index is 0.491. The van der Waals surface area contributed by atoms with Crippen molar-refractivity contribution in [2.24, 2.45) is 5.16 Å². The van der Waals surface area contributed by atoms with E-state index in [0.29, 0.717) is 29.5 Å². The van der Waals surface area contributed by atoms with Crippen LogP contribution in [-0.2, 0) is 6.54 Å². The molecule has 0 unspecified atom stereocenters. The van der Waals surface area contributed by atoms with E-state index in [1.54, 1.807) is 25.3 Å². The topological polar surface area (TPSA) is 97.7 Å². The number of nitrogens with one attached hydrogen (secondary N) is 2. The summed E-state index contributed by atoms with van der Waals surface area (Å²) in [5, 5.41) is 16.4. The molecule has 0 atom stereocenters. The lowest BCUT2D eigenvalue weighted by atomic mass is 10.1. The fourth-order valence-corrected chi connectivity index (χ4v) is 2.34. The van der Waals surface area contributed by atoms with Gasteiger partial charge in [-0.15, -0.1) is 0 Å². The number of fused-ring (bicyclic) bond motifs is 1. The highest BCUT2D eigenvalue weighted by Gasteiger charge is 2.11. The van der Waals surface area contributed by atoms with Gasteiger partial charge in [0.2, 0.25) is 0 Å². The van der Waals surface area contributed by atoms with Crippen LogP contribution >= 0.6 is 0 Å². The van der Waals surface area contributed by atoms with E-state index < -0.39 is 0 Å². The largest absolute Gasteiger partial charge is 0.411 e. The number of rotatable bonds is 4. The summed E-state index contributed by atoms with van der Waals surface area (Å²) in [6, 6.07) is 13.6. The number of H-pyrrole nitrogens is 1. The van der Waals surface area contributed by atoms with E-state index in [1.807, 2.05) is 24.3 Å². The Morgan fingerprint density at radius 2 is 2.17 bits per heavy atom. The fourth-order valence-electron chi connectivity index (χ4n) is 2.34. The van der Waals surface area contributed by atoms with Crippen molar-refractivity contribution in [1.82, 2.24) is 4.98 Å². The third-order valence-corrected chi connectivity index (χ3v) is 3.65. The lowest BCUT2D eigenvalue weighted by molar-refractivity contribution is -0.362. The standard InChI is InChI=1S/C17H17N5O/c1-11(22-23)15-7-5-14(18)17(21-15)20-10-12-4-6-16-13(9-12)3-2-8-19-16/h2-9,23H,10,18H2,1H3,(H,20,21)/p+1/b22-11+. The van der Waals surface area contributed by atoms with Crippen molar-refractivity contribution in [1.29, 1.82) is 0 Å². The lowest BCUT2D eigenvalue weighted by Gasteiger charge is -2.05. The average Bonchev–Trinajstić information content (AvgIpc) is 2.60. The van der Waals surface area contributed by atoms with E-state index in [9.17, 15) is 0 Å². The number of hydrogen-bond acceptors (Lipinski definition) is 5. The Kier molecular flexibility index (Phi) is 4.05. The second kappa shape index (κ2) is 6.31. The Morgan fingerprint density at radius 3 is 3.00 bits per heavy atom. The number of anilines is 2. The maximum Gasteiger partial charge on any atom is 0.296 e. The van der Waals surface area contributed by atoms with Crippen LogP contribution in [-0.4, -0.2) is 15.9 Å². The van der Waals surface area contributed by atoms with Gasteiger partial charge in [0.25, 0.3) is 5.82 Å². The van der Waals surface area contributed by atoms with Crippen molar-refractivity contribution in [2.75, 3.05) is 11.1 Å². The Hall–Kier alpha value is -3.15. The molecule has 23 heavy (non-hydrogen) atoms. The van der Waals surface area contributed by atoms with E-state index in [1.165, 1.54) is 0 Å². The summed E-state index contributed by atoms with van der Waals surface area (Å²) in [4.78, 5) is 7.44. The number of pyridine rings is 2. The molecule has 3 rings (SSSR count). The van der Waals surface area contributed by atoms with Crippen molar-refractivity contribution in [3.8, 4) is 0 Å². The summed E-state index contributed by atoms with van der Waals surface area (Å²) >= 11 is 0. The van der Waals surface area contributed by atoms with Gasteiger partial charge < -0.3 is 10.9 Å². The second-order valence-corrected chi connectivity index (χ2v) is 5.27. The van der Waals surface area contributed by atoms with Crippen LogP contribution in [0.1, 0.15) is 18.2 Å². The number of nitrogen functional groups attached to an aromatic ring is 1. The van der Waals surface area contributed by atoms with Crippen LogP contribution in [0.3, 0.4) is 0 Å². The normalized spacial score (nSPS) is 11.6. The molecule has 0 aliphatic rings. The maximum absolute atomic E-state index is 8.87. The van der Waals surface area contributed by atoms with Crippen LogP contribution in [0, 0.1) is 0 Å². The summed E-state index contributed by atoms with van der Waals surface area (Å²) in [6.45, 7) is 2.33. The molecule has 5 N–H and O–H groups in total. The number of aromatic nitrogens is 2. The summed E-state index contributed by atoms with van der Waals surface area (Å²) < 4.78 is 0. The molecule has 0 bridgehead atoms. The molecule has 0 saturated heterocycles. The van der Waals surface area contributed by atoms with Crippen LogP contribution in [0.25, 0.3) is 10.9 Å². The van der Waals surface area contributed by atoms with Gasteiger partial charge >= 0.3 is 0 Å². The van der Waals surface area contributed by atoms with Gasteiger partial charge in [0, 0.05) is 11.6 Å². The molecule has 2 aromatic heterocycles. The van der Waals surface area contributed by atoms with E-state index in [4.69, 9.17) is 10.9 Å². The minimum Gasteiger partial charge on any atom is -0.411 e. The SMILES string of the molecule is C/C(=N\O)c1ccc(N)c(NCc2ccc3ncccc3c2)[nH+]1. The maximum atomic E-state index is 8.87. The molecule has 2 heterocycles. The molecule has 3 aromatic rings. The molecule has 6 heteroatoms. The first kappa shape index (κ1) is 14.8. The highest BCUT2D eigenvalue weighted by Crippen LogP contribution is 2.16. The highest BCUT2D eigenvalue weighted by molar-refractivity contribution is 5.95. The first-order valence-electron chi connectivity index (χ1n) is 7.26. The first-order chi connectivity index (χ1) is 11.2. The molecule has 0 saturated carbocycles. The number of aromatic amines is 1. The van der Waals surface area contributed by atoms with Crippen LogP contribution < -0.4 is 16.0 Å². The van der Waals surface area contributed by atoms with Crippen molar-refractivity contribution < 1.29 is 10.2 Å². The molecule has 0 amide bonds. The Bertz CT molecular complexity index is 876. The van der Waals surface area contributed by atoms with Crippen LogP contribution in [0.5, 0.6) is 0 Å². The summed E-state index contributed by atoms with van der Waals surface area (Å²) in [5.41, 5.74) is 9.86. The van der Waals surface area contributed by atoms with Gasteiger partial charge in [-0.1, -0.05) is 17.3 Å². The molecule has 1 aromatic carbocycles. The van der Waals surface area contributed by atoms with E-state index >= 15 is 0 Å². The zero-order chi connectivity index (χ0) is 16.2. The quantitative estimate of drug-likeness (QED) is 0.392. The number of nitrogens with zero attached hydrogens (tertiary/aromatic N) is 2. The molecular formula is C17H18N5O+. The zero-order valence-corrected chi connectivity index (χ0v) is 12.7.